The molecule has 10 heteroatoms. The van der Waals surface area contributed by atoms with Crippen LogP contribution in [0.2, 0.25) is 0 Å². The third kappa shape index (κ3) is 6.51. The number of pyridine rings is 1. The summed E-state index contributed by atoms with van der Waals surface area (Å²) < 4.78 is 12.7. The average Bonchev–Trinajstić information content (AvgIpc) is 3.60. The number of nitrogens with zero attached hydrogens (tertiary/aromatic N) is 5. The maximum atomic E-state index is 13.2. The summed E-state index contributed by atoms with van der Waals surface area (Å²) >= 11 is 1.63. The fraction of sp³-hybridized carbons (Fsp3) is 0.407. The molecule has 1 atom stereocenters. The van der Waals surface area contributed by atoms with Crippen molar-refractivity contribution in [2.24, 2.45) is 0 Å². The molecule has 4 aromatic heterocycles. The molecule has 0 saturated carbocycles. The molecule has 0 bridgehead atoms. The van der Waals surface area contributed by atoms with Crippen LogP contribution >= 0.6 is 11.3 Å². The van der Waals surface area contributed by atoms with Crippen LogP contribution in [-0.2, 0) is 4.74 Å². The van der Waals surface area contributed by atoms with E-state index in [1.807, 2.05) is 29.8 Å². The number of hydrogen-bond donors (Lipinski definition) is 1. The molecule has 0 aliphatic heterocycles. The normalized spacial score (nSPS) is 12.2. The smallest absolute Gasteiger partial charge is 0.251 e. The van der Waals surface area contributed by atoms with E-state index in [1.54, 1.807) is 41.3 Å². The molecule has 4 aromatic rings. The van der Waals surface area contributed by atoms with Crippen molar-refractivity contribution in [1.29, 1.82) is 0 Å². The number of methoxy groups -OCH3 is 1. The van der Waals surface area contributed by atoms with Crippen LogP contribution in [0.1, 0.15) is 37.6 Å². The highest BCUT2D eigenvalue weighted by atomic mass is 32.1. The molecule has 9 nitrogen and oxygen atoms in total. The Labute approximate surface area is 221 Å². The first kappa shape index (κ1) is 26.7. The van der Waals surface area contributed by atoms with Crippen molar-refractivity contribution in [2.45, 2.75) is 33.2 Å². The van der Waals surface area contributed by atoms with E-state index in [1.165, 1.54) is 0 Å². The van der Waals surface area contributed by atoms with Crippen LogP contribution in [-0.4, -0.2) is 76.4 Å². The van der Waals surface area contributed by atoms with E-state index < -0.39 is 0 Å². The lowest BCUT2D eigenvalue weighted by atomic mass is 10.1. The number of carbonyl (C=O) groups excluding carboxylic acids is 1. The summed E-state index contributed by atoms with van der Waals surface area (Å²) in [5.41, 5.74) is 3.31. The van der Waals surface area contributed by atoms with Crippen LogP contribution in [0, 0.1) is 0 Å². The molecule has 0 saturated heterocycles. The number of hydrogen-bond acceptors (Lipinski definition) is 8. The van der Waals surface area contributed by atoms with Gasteiger partial charge < -0.3 is 14.8 Å². The van der Waals surface area contributed by atoms with Crippen molar-refractivity contribution in [3.63, 3.8) is 0 Å². The monoisotopic (exact) mass is 522 g/mol. The second-order valence-electron chi connectivity index (χ2n) is 8.67. The molecule has 1 amide bonds. The van der Waals surface area contributed by atoms with Gasteiger partial charge in [-0.3, -0.25) is 9.69 Å². The minimum absolute atomic E-state index is 0.173. The minimum Gasteiger partial charge on any atom is -0.478 e. The Kier molecular flexibility index (Phi) is 9.21. The number of fused-ring (bicyclic) bond motifs is 1. The van der Waals surface area contributed by atoms with Crippen LogP contribution in [0.5, 0.6) is 5.88 Å². The van der Waals surface area contributed by atoms with Crippen LogP contribution in [0.15, 0.2) is 48.1 Å². The predicted molar refractivity (Wildman–Crippen MR) is 146 cm³/mol. The van der Waals surface area contributed by atoms with Gasteiger partial charge in [0.15, 0.2) is 5.65 Å². The first-order chi connectivity index (χ1) is 18.0. The second kappa shape index (κ2) is 12.8. The molecule has 0 aromatic carbocycles. The maximum absolute atomic E-state index is 13.2. The van der Waals surface area contributed by atoms with Crippen molar-refractivity contribution < 1.29 is 14.3 Å². The molecule has 0 aliphatic rings. The van der Waals surface area contributed by atoms with Crippen LogP contribution < -0.4 is 10.1 Å². The highest BCUT2D eigenvalue weighted by molar-refractivity contribution is 7.13. The molecule has 4 rings (SSSR count). The number of rotatable bonds is 13. The number of carbonyl (C=O) groups is 1. The van der Waals surface area contributed by atoms with E-state index in [0.717, 1.165) is 29.2 Å². The largest absolute Gasteiger partial charge is 0.478 e. The summed E-state index contributed by atoms with van der Waals surface area (Å²) in [7, 11) is 1.66. The molecule has 1 N–H and O–H groups in total. The van der Waals surface area contributed by atoms with Gasteiger partial charge in [-0.1, -0.05) is 19.9 Å². The predicted octanol–water partition coefficient (Wildman–Crippen LogP) is 4.40. The quantitative estimate of drug-likeness (QED) is 0.260. The number of likely N-dealkylation sites (N-methyl/N-ethyl adjacent to an activating group) is 1. The van der Waals surface area contributed by atoms with Crippen molar-refractivity contribution in [1.82, 2.24) is 29.8 Å². The van der Waals surface area contributed by atoms with E-state index in [0.29, 0.717) is 49.0 Å². The topological polar surface area (TPSA) is 93.9 Å². The minimum atomic E-state index is -0.173. The number of thiophene rings is 1. The molecule has 0 radical (unpaired) electrons. The number of amides is 1. The van der Waals surface area contributed by atoms with Gasteiger partial charge in [0, 0.05) is 50.6 Å². The third-order valence-electron chi connectivity index (χ3n) is 6.22. The summed E-state index contributed by atoms with van der Waals surface area (Å²) in [6.07, 6.45) is 4.32. The van der Waals surface area contributed by atoms with E-state index in [9.17, 15) is 4.79 Å². The molecule has 4 heterocycles. The summed E-state index contributed by atoms with van der Waals surface area (Å²) in [6.45, 7) is 9.79. The lowest BCUT2D eigenvalue weighted by Crippen LogP contribution is -2.42. The Bertz CT molecular complexity index is 1300. The van der Waals surface area contributed by atoms with Gasteiger partial charge in [-0.25, -0.2) is 14.5 Å². The Balaban J connectivity index is 1.65. The molecule has 0 aliphatic carbocycles. The second-order valence-corrected chi connectivity index (χ2v) is 9.62. The molecule has 0 fully saturated rings. The fourth-order valence-corrected chi connectivity index (χ4v) is 4.85. The molecular formula is C27H34N6O3S. The van der Waals surface area contributed by atoms with Crippen molar-refractivity contribution in [3.05, 3.63) is 53.7 Å². The van der Waals surface area contributed by atoms with Gasteiger partial charge in [0.1, 0.15) is 0 Å². The van der Waals surface area contributed by atoms with Gasteiger partial charge in [0.25, 0.3) is 5.91 Å². The Morgan fingerprint density at radius 3 is 2.73 bits per heavy atom. The number of ether oxygens (including phenoxy) is 2. The number of aromatic nitrogens is 4. The summed E-state index contributed by atoms with van der Waals surface area (Å²) in [6, 6.07) is 9.66. The van der Waals surface area contributed by atoms with Gasteiger partial charge in [0.05, 0.1) is 34.6 Å². The molecular weight excluding hydrogens is 488 g/mol. The highest BCUT2D eigenvalue weighted by Crippen LogP contribution is 2.28. The van der Waals surface area contributed by atoms with E-state index in [-0.39, 0.29) is 11.9 Å². The van der Waals surface area contributed by atoms with Gasteiger partial charge in [0.2, 0.25) is 5.88 Å². The summed E-state index contributed by atoms with van der Waals surface area (Å²) in [5, 5.41) is 9.55. The zero-order chi connectivity index (χ0) is 26.2. The fourth-order valence-electron chi connectivity index (χ4n) is 4.16. The first-order valence-electron chi connectivity index (χ1n) is 12.6. The Hall–Kier alpha value is -3.34. The Morgan fingerprint density at radius 1 is 1.16 bits per heavy atom. The molecule has 196 valence electrons. The number of nitrogens with one attached hydrogen (secondary N) is 1. The zero-order valence-electron chi connectivity index (χ0n) is 21.8. The lowest BCUT2D eigenvalue weighted by molar-refractivity contribution is 0.0937. The first-order valence-corrected chi connectivity index (χ1v) is 13.5. The van der Waals surface area contributed by atoms with Crippen LogP contribution in [0.25, 0.3) is 27.5 Å². The summed E-state index contributed by atoms with van der Waals surface area (Å²) in [4.78, 5) is 26.1. The lowest BCUT2D eigenvalue weighted by Gasteiger charge is -2.26. The molecule has 1 unspecified atom stereocenters. The van der Waals surface area contributed by atoms with Gasteiger partial charge >= 0.3 is 0 Å². The van der Waals surface area contributed by atoms with E-state index in [4.69, 9.17) is 19.4 Å². The third-order valence-corrected chi connectivity index (χ3v) is 7.11. The maximum Gasteiger partial charge on any atom is 0.251 e. The van der Waals surface area contributed by atoms with Crippen molar-refractivity contribution in [3.8, 4) is 27.7 Å². The average molecular weight is 523 g/mol. The van der Waals surface area contributed by atoms with Gasteiger partial charge in [-0.05, 0) is 43.6 Å². The zero-order valence-corrected chi connectivity index (χ0v) is 22.6. The van der Waals surface area contributed by atoms with Gasteiger partial charge in [-0.2, -0.15) is 5.10 Å². The van der Waals surface area contributed by atoms with Crippen molar-refractivity contribution >= 4 is 22.9 Å². The SMILES string of the molecule is CCN(CC)C(C)CNC(=O)c1cc(OCCCOC)nc(-c2cnn3ccc(-c4cccs4)nc23)c1. The standard InChI is InChI=1S/C27H34N6O3S/c1-5-32(6-2)19(3)17-28-27(34)20-15-23(30-25(16-20)36-13-8-12-35-4)21-18-29-33-11-10-22(31-26(21)33)24-9-7-14-37-24/h7,9-11,14-16,18-19H,5-6,8,12-13,17H2,1-4H3,(H,28,34). The van der Waals surface area contributed by atoms with Crippen molar-refractivity contribution in [2.75, 3.05) is 40.0 Å². The molecule has 37 heavy (non-hydrogen) atoms. The van der Waals surface area contributed by atoms with Gasteiger partial charge in [-0.15, -0.1) is 11.3 Å². The van der Waals surface area contributed by atoms with Crippen LogP contribution in [0.4, 0.5) is 0 Å². The van der Waals surface area contributed by atoms with E-state index >= 15 is 0 Å². The van der Waals surface area contributed by atoms with E-state index in [2.05, 4.69) is 36.1 Å². The van der Waals surface area contributed by atoms with Crippen LogP contribution in [0.3, 0.4) is 0 Å². The Morgan fingerprint density at radius 2 is 2.00 bits per heavy atom. The summed E-state index contributed by atoms with van der Waals surface area (Å²) in [5.74, 6) is 0.206. The highest BCUT2D eigenvalue weighted by Gasteiger charge is 2.18. The molecule has 0 spiro atoms.